The highest BCUT2D eigenvalue weighted by Gasteiger charge is 2.09. The molecule has 2 rings (SSSR count). The number of nitrogens with one attached hydrogen (secondary N) is 1. The fourth-order valence-corrected chi connectivity index (χ4v) is 3.27. The lowest BCUT2D eigenvalue weighted by Crippen LogP contribution is -2.29. The molecule has 5 heteroatoms. The first-order valence-electron chi connectivity index (χ1n) is 7.39. The van der Waals surface area contributed by atoms with Gasteiger partial charge in [-0.25, -0.2) is 0 Å². The minimum absolute atomic E-state index is 0.0503. The zero-order chi connectivity index (χ0) is 16.5. The van der Waals surface area contributed by atoms with Crippen LogP contribution in [-0.4, -0.2) is 29.6 Å². The normalized spacial score (nSPS) is 11.9. The topological polar surface area (TPSA) is 49.3 Å². The summed E-state index contributed by atoms with van der Waals surface area (Å²) in [4.78, 5) is 13.0. The van der Waals surface area contributed by atoms with Gasteiger partial charge in [0.1, 0.15) is 0 Å². The van der Waals surface area contributed by atoms with Gasteiger partial charge in [-0.1, -0.05) is 42.5 Å². The summed E-state index contributed by atoms with van der Waals surface area (Å²) >= 11 is 3.23. The van der Waals surface area contributed by atoms with Gasteiger partial charge in [-0.15, -0.1) is 23.5 Å². The lowest BCUT2D eigenvalue weighted by molar-refractivity contribution is -0.119. The smallest absolute Gasteiger partial charge is 0.230 e. The number of aliphatic hydroxyl groups is 1. The molecule has 0 bridgehead atoms. The zero-order valence-corrected chi connectivity index (χ0v) is 14.7. The largest absolute Gasteiger partial charge is 0.387 e. The van der Waals surface area contributed by atoms with Crippen LogP contribution >= 0.6 is 23.5 Å². The lowest BCUT2D eigenvalue weighted by Gasteiger charge is -2.12. The van der Waals surface area contributed by atoms with E-state index in [0.717, 1.165) is 16.2 Å². The number of carbonyl (C=O) groups is 1. The molecular weight excluding hydrogens is 326 g/mol. The first-order chi connectivity index (χ1) is 11.2. The predicted molar refractivity (Wildman–Crippen MR) is 98.8 cm³/mol. The van der Waals surface area contributed by atoms with Gasteiger partial charge in [0.15, 0.2) is 0 Å². The van der Waals surface area contributed by atoms with Crippen LogP contribution in [0.4, 0.5) is 0 Å². The van der Waals surface area contributed by atoms with E-state index < -0.39 is 6.10 Å². The minimum Gasteiger partial charge on any atom is -0.387 e. The van der Waals surface area contributed by atoms with Gasteiger partial charge < -0.3 is 10.4 Å². The third-order valence-corrected chi connectivity index (χ3v) is 5.09. The molecule has 0 radical (unpaired) electrons. The molecule has 1 atom stereocenters. The number of hydrogen-bond acceptors (Lipinski definition) is 4. The van der Waals surface area contributed by atoms with Crippen molar-refractivity contribution in [2.75, 3.05) is 18.6 Å². The Hall–Kier alpha value is -1.43. The molecule has 1 amide bonds. The van der Waals surface area contributed by atoms with Gasteiger partial charge in [-0.05, 0) is 29.5 Å². The van der Waals surface area contributed by atoms with Crippen LogP contribution in [0.3, 0.4) is 0 Å². The summed E-state index contributed by atoms with van der Waals surface area (Å²) in [7, 11) is 0. The molecule has 0 aliphatic carbocycles. The third kappa shape index (κ3) is 6.29. The van der Waals surface area contributed by atoms with Crippen LogP contribution < -0.4 is 5.32 Å². The van der Waals surface area contributed by atoms with Gasteiger partial charge in [0, 0.05) is 17.2 Å². The molecule has 2 N–H and O–H groups in total. The minimum atomic E-state index is -0.672. The second-order valence-electron chi connectivity index (χ2n) is 5.07. The second kappa shape index (κ2) is 9.65. The summed E-state index contributed by atoms with van der Waals surface area (Å²) in [5.41, 5.74) is 2.03. The highest BCUT2D eigenvalue weighted by atomic mass is 32.2. The Kier molecular flexibility index (Phi) is 7.52. The van der Waals surface area contributed by atoms with E-state index in [1.807, 2.05) is 60.9 Å². The van der Waals surface area contributed by atoms with Gasteiger partial charge >= 0.3 is 0 Å². The molecule has 0 aliphatic rings. The molecule has 122 valence electrons. The van der Waals surface area contributed by atoms with E-state index in [1.165, 1.54) is 5.56 Å². The van der Waals surface area contributed by atoms with Crippen molar-refractivity contribution in [3.63, 3.8) is 0 Å². The summed E-state index contributed by atoms with van der Waals surface area (Å²) in [5.74, 6) is 1.16. The average molecular weight is 348 g/mol. The third-order valence-electron chi connectivity index (χ3n) is 3.34. The van der Waals surface area contributed by atoms with Gasteiger partial charge in [0.2, 0.25) is 5.91 Å². The van der Waals surface area contributed by atoms with Gasteiger partial charge in [-0.2, -0.15) is 0 Å². The van der Waals surface area contributed by atoms with Crippen molar-refractivity contribution in [1.82, 2.24) is 5.32 Å². The predicted octanol–water partition coefficient (Wildman–Crippen LogP) is 3.49. The summed E-state index contributed by atoms with van der Waals surface area (Å²) in [6.07, 6.45) is 1.34. The Balaban J connectivity index is 1.68. The zero-order valence-electron chi connectivity index (χ0n) is 13.1. The fourth-order valence-electron chi connectivity index (χ4n) is 2.04. The number of aliphatic hydroxyl groups excluding tert-OH is 1. The van der Waals surface area contributed by atoms with E-state index in [0.29, 0.717) is 5.75 Å². The summed E-state index contributed by atoms with van der Waals surface area (Å²) in [5, 5.41) is 12.9. The fraction of sp³-hybridized carbons (Fsp3) is 0.278. The quantitative estimate of drug-likeness (QED) is 0.718. The van der Waals surface area contributed by atoms with E-state index in [1.54, 1.807) is 23.5 Å². The van der Waals surface area contributed by atoms with E-state index in [2.05, 4.69) is 5.32 Å². The molecule has 0 aromatic heterocycles. The monoisotopic (exact) mass is 347 g/mol. The number of benzene rings is 2. The maximum Gasteiger partial charge on any atom is 0.230 e. The molecule has 1 unspecified atom stereocenters. The summed E-state index contributed by atoms with van der Waals surface area (Å²) < 4.78 is 0. The Bertz CT molecular complexity index is 602. The first kappa shape index (κ1) is 17.9. The van der Waals surface area contributed by atoms with Crippen molar-refractivity contribution in [2.45, 2.75) is 16.8 Å². The standard InChI is InChI=1S/C18H21NO2S2/c1-22-16-9-7-15(8-10-16)17(20)11-19-18(21)13-23-12-14-5-3-2-4-6-14/h2-10,17,20H,11-13H2,1H3,(H,19,21). The molecule has 0 aliphatic heterocycles. The molecule has 2 aromatic carbocycles. The van der Waals surface area contributed by atoms with Gasteiger partial charge in [0.25, 0.3) is 0 Å². The number of rotatable bonds is 8. The van der Waals surface area contributed by atoms with Gasteiger partial charge in [0.05, 0.1) is 11.9 Å². The number of carbonyl (C=O) groups excluding carboxylic acids is 1. The van der Waals surface area contributed by atoms with Crippen LogP contribution in [0.1, 0.15) is 17.2 Å². The summed E-state index contributed by atoms with van der Waals surface area (Å²) in [6.45, 7) is 0.239. The summed E-state index contributed by atoms with van der Waals surface area (Å²) in [6, 6.07) is 17.8. The lowest BCUT2D eigenvalue weighted by atomic mass is 10.1. The molecule has 3 nitrogen and oxygen atoms in total. The Morgan fingerprint density at radius 3 is 2.48 bits per heavy atom. The maximum absolute atomic E-state index is 11.8. The molecule has 0 spiro atoms. The van der Waals surface area contributed by atoms with Crippen molar-refractivity contribution in [3.05, 3.63) is 65.7 Å². The Morgan fingerprint density at radius 1 is 1.13 bits per heavy atom. The number of thioether (sulfide) groups is 2. The maximum atomic E-state index is 11.8. The molecule has 2 aromatic rings. The first-order valence-corrected chi connectivity index (χ1v) is 9.77. The number of hydrogen-bond donors (Lipinski definition) is 2. The second-order valence-corrected chi connectivity index (χ2v) is 6.94. The van der Waals surface area contributed by atoms with E-state index in [-0.39, 0.29) is 12.5 Å². The van der Waals surface area contributed by atoms with Crippen LogP contribution in [0.15, 0.2) is 59.5 Å². The van der Waals surface area contributed by atoms with Crippen molar-refractivity contribution in [2.24, 2.45) is 0 Å². The van der Waals surface area contributed by atoms with E-state index in [9.17, 15) is 9.90 Å². The van der Waals surface area contributed by atoms with E-state index in [4.69, 9.17) is 0 Å². The van der Waals surface area contributed by atoms with Crippen LogP contribution in [0.25, 0.3) is 0 Å². The van der Waals surface area contributed by atoms with Crippen LogP contribution in [-0.2, 0) is 10.5 Å². The number of amides is 1. The van der Waals surface area contributed by atoms with Gasteiger partial charge in [-0.3, -0.25) is 4.79 Å². The molecular formula is C18H21NO2S2. The van der Waals surface area contributed by atoms with Crippen LogP contribution in [0, 0.1) is 0 Å². The highest BCUT2D eigenvalue weighted by molar-refractivity contribution is 7.99. The van der Waals surface area contributed by atoms with Crippen LogP contribution in [0.2, 0.25) is 0 Å². The SMILES string of the molecule is CSc1ccc(C(O)CNC(=O)CSCc2ccccc2)cc1. The van der Waals surface area contributed by atoms with Crippen molar-refractivity contribution < 1.29 is 9.90 Å². The molecule has 23 heavy (non-hydrogen) atoms. The molecule has 0 saturated heterocycles. The highest BCUT2D eigenvalue weighted by Crippen LogP contribution is 2.18. The van der Waals surface area contributed by atoms with Crippen molar-refractivity contribution in [1.29, 1.82) is 0 Å². The molecule has 0 fully saturated rings. The Morgan fingerprint density at radius 2 is 1.83 bits per heavy atom. The van der Waals surface area contributed by atoms with E-state index >= 15 is 0 Å². The molecule has 0 heterocycles. The van der Waals surface area contributed by atoms with Crippen LogP contribution in [0.5, 0.6) is 0 Å². The average Bonchev–Trinajstić information content (AvgIpc) is 2.60. The van der Waals surface area contributed by atoms with Crippen molar-refractivity contribution in [3.8, 4) is 0 Å². The van der Waals surface area contributed by atoms with Crippen molar-refractivity contribution >= 4 is 29.4 Å². The Labute approximate surface area is 145 Å². The molecule has 0 saturated carbocycles.